The van der Waals surface area contributed by atoms with Gasteiger partial charge in [-0.25, -0.2) is 27.5 Å². The maximum absolute atomic E-state index is 13.6. The minimum atomic E-state index is -0.843. The zero-order valence-corrected chi connectivity index (χ0v) is 15.9. The molecule has 0 aliphatic heterocycles. The van der Waals surface area contributed by atoms with Crippen molar-refractivity contribution in [1.82, 2.24) is 24.5 Å². The van der Waals surface area contributed by atoms with E-state index in [1.165, 1.54) is 40.1 Å². The molecule has 0 bridgehead atoms. The van der Waals surface area contributed by atoms with E-state index >= 15 is 0 Å². The van der Waals surface area contributed by atoms with Gasteiger partial charge in [-0.2, -0.15) is 5.10 Å². The molecule has 4 aromatic rings. The summed E-state index contributed by atoms with van der Waals surface area (Å²) in [6.07, 6.45) is 2.87. The molecular weight excluding hydrogens is 413 g/mol. The molecule has 0 saturated heterocycles. The number of anilines is 1. The van der Waals surface area contributed by atoms with Crippen molar-refractivity contribution in [1.29, 1.82) is 0 Å². The summed E-state index contributed by atoms with van der Waals surface area (Å²) in [6.45, 7) is 0.100. The number of halogens is 3. The molecule has 2 heterocycles. The topological polar surface area (TPSA) is 86.9 Å². The van der Waals surface area contributed by atoms with E-state index in [-0.39, 0.29) is 36.5 Å². The zero-order chi connectivity index (χ0) is 21.8. The lowest BCUT2D eigenvalue weighted by Gasteiger charge is -2.07. The molecule has 0 aliphatic carbocycles. The number of carbonyl (C=O) groups excluding carboxylic acids is 1. The molecule has 0 saturated carbocycles. The van der Waals surface area contributed by atoms with Crippen LogP contribution in [-0.4, -0.2) is 30.5 Å². The van der Waals surface area contributed by atoms with Crippen molar-refractivity contribution in [2.45, 2.75) is 13.3 Å². The maximum Gasteiger partial charge on any atom is 0.278 e. The molecule has 31 heavy (non-hydrogen) atoms. The van der Waals surface area contributed by atoms with Crippen LogP contribution in [0.5, 0.6) is 5.75 Å². The second-order valence-corrected chi connectivity index (χ2v) is 6.44. The van der Waals surface area contributed by atoms with Crippen molar-refractivity contribution in [2.75, 3.05) is 5.32 Å². The fourth-order valence-electron chi connectivity index (χ4n) is 2.70. The highest BCUT2D eigenvalue weighted by Gasteiger charge is 2.13. The molecule has 4 rings (SSSR count). The molecule has 2 aromatic carbocycles. The van der Waals surface area contributed by atoms with E-state index in [9.17, 15) is 18.0 Å². The van der Waals surface area contributed by atoms with Crippen molar-refractivity contribution in [3.05, 3.63) is 89.8 Å². The normalized spacial score (nSPS) is 10.8. The van der Waals surface area contributed by atoms with E-state index in [1.807, 2.05) is 0 Å². The quantitative estimate of drug-likeness (QED) is 0.489. The Bertz CT molecular complexity index is 1220. The summed E-state index contributed by atoms with van der Waals surface area (Å²) in [5.41, 5.74) is 0.753. The molecule has 0 aliphatic rings. The zero-order valence-electron chi connectivity index (χ0n) is 15.9. The van der Waals surface area contributed by atoms with E-state index < -0.39 is 17.5 Å². The average molecular weight is 428 g/mol. The Kier molecular flexibility index (Phi) is 5.65. The van der Waals surface area contributed by atoms with E-state index in [2.05, 4.69) is 20.5 Å². The number of nitrogens with one attached hydrogen (secondary N) is 1. The lowest BCUT2D eigenvalue weighted by Crippen LogP contribution is -2.15. The number of benzene rings is 2. The van der Waals surface area contributed by atoms with Gasteiger partial charge in [-0.15, -0.1) is 5.10 Å². The van der Waals surface area contributed by atoms with E-state index in [0.717, 1.165) is 12.1 Å². The van der Waals surface area contributed by atoms with Crippen molar-refractivity contribution in [3.63, 3.8) is 0 Å². The largest absolute Gasteiger partial charge is 0.468 e. The number of ether oxygens (including phenoxy) is 1. The minimum Gasteiger partial charge on any atom is -0.468 e. The van der Waals surface area contributed by atoms with Gasteiger partial charge >= 0.3 is 0 Å². The Morgan fingerprint density at radius 2 is 1.84 bits per heavy atom. The maximum atomic E-state index is 13.6. The minimum absolute atomic E-state index is 0.0561. The molecule has 0 atom stereocenters. The van der Waals surface area contributed by atoms with Gasteiger partial charge < -0.3 is 4.74 Å². The van der Waals surface area contributed by atoms with Crippen LogP contribution in [0.15, 0.2) is 61.1 Å². The van der Waals surface area contributed by atoms with Crippen LogP contribution in [-0.2, 0) is 13.3 Å². The Morgan fingerprint density at radius 3 is 2.65 bits per heavy atom. The van der Waals surface area contributed by atoms with Crippen LogP contribution in [0.2, 0.25) is 0 Å². The highest BCUT2D eigenvalue weighted by molar-refractivity contribution is 6.01. The van der Waals surface area contributed by atoms with Crippen LogP contribution < -0.4 is 10.1 Å². The van der Waals surface area contributed by atoms with Gasteiger partial charge in [0.2, 0.25) is 5.95 Å². The first kappa shape index (κ1) is 20.1. The van der Waals surface area contributed by atoms with Gasteiger partial charge in [0.1, 0.15) is 18.0 Å². The summed E-state index contributed by atoms with van der Waals surface area (Å²) in [6, 6.07) is 10.4. The van der Waals surface area contributed by atoms with Crippen LogP contribution in [0.3, 0.4) is 0 Å². The van der Waals surface area contributed by atoms with Gasteiger partial charge in [-0.05, 0) is 35.9 Å². The van der Waals surface area contributed by atoms with Crippen LogP contribution in [0.1, 0.15) is 16.1 Å². The summed E-state index contributed by atoms with van der Waals surface area (Å²) < 4.78 is 47.7. The van der Waals surface area contributed by atoms with Crippen LogP contribution in [0.25, 0.3) is 0 Å². The molecular formula is C20H15F3N6O2. The first-order valence-electron chi connectivity index (χ1n) is 9.03. The van der Waals surface area contributed by atoms with E-state index in [0.29, 0.717) is 11.6 Å². The highest BCUT2D eigenvalue weighted by Crippen LogP contribution is 2.18. The summed E-state index contributed by atoms with van der Waals surface area (Å²) >= 11 is 0. The van der Waals surface area contributed by atoms with Crippen LogP contribution in [0, 0.1) is 17.5 Å². The van der Waals surface area contributed by atoms with Crippen molar-refractivity contribution < 1.29 is 22.7 Å². The Morgan fingerprint density at radius 1 is 1.00 bits per heavy atom. The molecule has 1 N–H and O–H groups in total. The molecule has 8 nitrogen and oxygen atoms in total. The van der Waals surface area contributed by atoms with Crippen LogP contribution in [0.4, 0.5) is 19.1 Å². The molecule has 0 unspecified atom stereocenters. The number of nitrogens with zero attached hydrogens (tertiary/aromatic N) is 5. The number of amides is 1. The van der Waals surface area contributed by atoms with Gasteiger partial charge in [0, 0.05) is 12.3 Å². The number of rotatable bonds is 7. The molecule has 2 aromatic heterocycles. The molecule has 11 heteroatoms. The summed E-state index contributed by atoms with van der Waals surface area (Å²) in [5, 5.41) is 10.7. The van der Waals surface area contributed by atoms with Crippen molar-refractivity contribution >= 4 is 11.9 Å². The van der Waals surface area contributed by atoms with Crippen LogP contribution >= 0.6 is 0 Å². The lowest BCUT2D eigenvalue weighted by atomic mass is 10.2. The number of hydrogen-bond acceptors (Lipinski definition) is 5. The number of aromatic nitrogens is 5. The molecule has 1 amide bonds. The number of carbonyl (C=O) groups is 1. The predicted octanol–water partition coefficient (Wildman–Crippen LogP) is 3.23. The van der Waals surface area contributed by atoms with Gasteiger partial charge in [-0.3, -0.25) is 10.1 Å². The van der Waals surface area contributed by atoms with Gasteiger partial charge in [-0.1, -0.05) is 12.1 Å². The average Bonchev–Trinajstić information content (AvgIpc) is 3.37. The Balaban J connectivity index is 1.34. The third-order valence-electron chi connectivity index (χ3n) is 4.11. The van der Waals surface area contributed by atoms with Gasteiger partial charge in [0.25, 0.3) is 5.91 Å². The second kappa shape index (κ2) is 8.69. The number of hydrogen-bond donors (Lipinski definition) is 1. The smallest absolute Gasteiger partial charge is 0.278 e. The first-order chi connectivity index (χ1) is 15.0. The van der Waals surface area contributed by atoms with Crippen molar-refractivity contribution in [2.24, 2.45) is 0 Å². The predicted molar refractivity (Wildman–Crippen MR) is 103 cm³/mol. The van der Waals surface area contributed by atoms with Gasteiger partial charge in [0.05, 0.1) is 6.54 Å². The summed E-state index contributed by atoms with van der Waals surface area (Å²) in [7, 11) is 0. The molecule has 0 fully saturated rings. The molecule has 158 valence electrons. The first-order valence-corrected chi connectivity index (χ1v) is 9.03. The fraction of sp³-hybridized carbons (Fsp3) is 0.100. The molecule has 0 spiro atoms. The Labute approximate surface area is 173 Å². The highest BCUT2D eigenvalue weighted by atomic mass is 19.1. The third-order valence-corrected chi connectivity index (χ3v) is 4.11. The second-order valence-electron chi connectivity index (χ2n) is 6.44. The van der Waals surface area contributed by atoms with Crippen molar-refractivity contribution in [3.8, 4) is 5.75 Å². The van der Waals surface area contributed by atoms with Gasteiger partial charge in [0.15, 0.2) is 24.0 Å². The lowest BCUT2D eigenvalue weighted by molar-refractivity contribution is 0.101. The SMILES string of the molecule is O=C(Nc1ncn(Cc2cccc(F)c2)n1)c1ccn(COc2ccc(F)cc2F)n1. The Hall–Kier alpha value is -4.15. The summed E-state index contributed by atoms with van der Waals surface area (Å²) in [5.74, 6) is -2.56. The monoisotopic (exact) mass is 428 g/mol. The van der Waals surface area contributed by atoms with E-state index in [4.69, 9.17) is 4.74 Å². The molecule has 0 radical (unpaired) electrons. The van der Waals surface area contributed by atoms with E-state index in [1.54, 1.807) is 12.1 Å². The fourth-order valence-corrected chi connectivity index (χ4v) is 2.70. The summed E-state index contributed by atoms with van der Waals surface area (Å²) in [4.78, 5) is 16.3. The standard InChI is InChI=1S/C20H15F3N6O2/c21-14-3-1-2-13(8-14)10-29-11-24-20(27-29)25-19(30)17-6-7-28(26-17)12-31-18-5-4-15(22)9-16(18)23/h1-9,11H,10,12H2,(H,25,27,30). The third kappa shape index (κ3) is 5.07.